The minimum atomic E-state index is -4.22. The van der Waals surface area contributed by atoms with Gasteiger partial charge < -0.3 is 10.5 Å². The first-order chi connectivity index (χ1) is 6.38. The van der Waals surface area contributed by atoms with E-state index in [1.807, 2.05) is 0 Å². The quantitative estimate of drug-likeness (QED) is 0.565. The molecule has 0 saturated carbocycles. The Morgan fingerprint density at radius 3 is 2.43 bits per heavy atom. The lowest BCUT2D eigenvalue weighted by molar-refractivity contribution is 0.416. The van der Waals surface area contributed by atoms with E-state index in [0.29, 0.717) is 5.75 Å². The third kappa shape index (κ3) is 1.80. The lowest BCUT2D eigenvalue weighted by Crippen LogP contribution is -2.04. The minimum absolute atomic E-state index is 0.198. The number of nitrogens with two attached hydrogens (primary N) is 1. The first kappa shape index (κ1) is 10.8. The average Bonchev–Trinajstić information content (AvgIpc) is 2.07. The van der Waals surface area contributed by atoms with Crippen molar-refractivity contribution in [1.82, 2.24) is 0 Å². The molecule has 0 bridgehead atoms. The molecule has 0 saturated heterocycles. The fourth-order valence-electron chi connectivity index (χ4n) is 1.14. The summed E-state index contributed by atoms with van der Waals surface area (Å²) in [6.45, 7) is 1.50. The van der Waals surface area contributed by atoms with Crippen molar-refractivity contribution >= 4 is 15.8 Å². The first-order valence-corrected chi connectivity index (χ1v) is 5.22. The van der Waals surface area contributed by atoms with E-state index in [9.17, 15) is 8.42 Å². The summed E-state index contributed by atoms with van der Waals surface area (Å²) < 4.78 is 35.5. The van der Waals surface area contributed by atoms with Crippen molar-refractivity contribution in [3.05, 3.63) is 17.7 Å². The number of ether oxygens (including phenoxy) is 1. The molecular formula is C8H11NO4S. The van der Waals surface area contributed by atoms with Crippen LogP contribution in [0.2, 0.25) is 0 Å². The van der Waals surface area contributed by atoms with Gasteiger partial charge in [-0.05, 0) is 24.6 Å². The highest BCUT2D eigenvalue weighted by Crippen LogP contribution is 2.29. The topological polar surface area (TPSA) is 89.6 Å². The van der Waals surface area contributed by atoms with E-state index in [0.717, 1.165) is 0 Å². The van der Waals surface area contributed by atoms with Gasteiger partial charge in [0.15, 0.2) is 0 Å². The van der Waals surface area contributed by atoms with E-state index < -0.39 is 10.1 Å². The van der Waals surface area contributed by atoms with Crippen molar-refractivity contribution in [1.29, 1.82) is 0 Å². The Hall–Kier alpha value is -1.27. The molecule has 0 amide bonds. The van der Waals surface area contributed by atoms with Gasteiger partial charge in [-0.25, -0.2) is 0 Å². The summed E-state index contributed by atoms with van der Waals surface area (Å²) in [5, 5.41) is 0. The summed E-state index contributed by atoms with van der Waals surface area (Å²) in [4.78, 5) is -0.198. The number of anilines is 1. The van der Waals surface area contributed by atoms with Crippen molar-refractivity contribution in [2.75, 3.05) is 12.8 Å². The summed E-state index contributed by atoms with van der Waals surface area (Å²) in [5.74, 6) is 0.384. The molecule has 0 heterocycles. The van der Waals surface area contributed by atoms with Gasteiger partial charge in [0.2, 0.25) is 0 Å². The van der Waals surface area contributed by atoms with E-state index in [4.69, 9.17) is 15.0 Å². The van der Waals surface area contributed by atoms with Crippen LogP contribution in [0.25, 0.3) is 0 Å². The molecule has 5 nitrogen and oxygen atoms in total. The Morgan fingerprint density at radius 2 is 2.00 bits per heavy atom. The number of benzene rings is 1. The van der Waals surface area contributed by atoms with Crippen LogP contribution in [0.5, 0.6) is 5.75 Å². The monoisotopic (exact) mass is 217 g/mol. The van der Waals surface area contributed by atoms with Crippen molar-refractivity contribution in [3.8, 4) is 5.75 Å². The van der Waals surface area contributed by atoms with Crippen LogP contribution in [-0.2, 0) is 10.1 Å². The summed E-state index contributed by atoms with van der Waals surface area (Å²) >= 11 is 0. The lowest BCUT2D eigenvalue weighted by atomic mass is 10.2. The van der Waals surface area contributed by atoms with Gasteiger partial charge in [-0.1, -0.05) is 0 Å². The molecule has 78 valence electrons. The van der Waals surface area contributed by atoms with Gasteiger partial charge in [0.1, 0.15) is 5.75 Å². The molecule has 0 aromatic heterocycles. The molecule has 0 radical (unpaired) electrons. The second kappa shape index (κ2) is 3.47. The van der Waals surface area contributed by atoms with Crippen LogP contribution in [0.3, 0.4) is 0 Å². The molecule has 1 aromatic carbocycles. The van der Waals surface area contributed by atoms with E-state index >= 15 is 0 Å². The molecule has 0 aliphatic rings. The standard InChI is InChI=1S/C8H11NO4S/c1-5-7(14(10,11)12)4-3-6(13-2)8(5)9/h3-4H,9H2,1-2H3,(H,10,11,12). The number of rotatable bonds is 2. The fourth-order valence-corrected chi connectivity index (χ4v) is 1.88. The normalized spacial score (nSPS) is 11.4. The van der Waals surface area contributed by atoms with E-state index in [1.165, 1.54) is 26.2 Å². The minimum Gasteiger partial charge on any atom is -0.495 e. The van der Waals surface area contributed by atoms with Crippen molar-refractivity contribution in [3.63, 3.8) is 0 Å². The Bertz CT molecular complexity index is 453. The van der Waals surface area contributed by atoms with Crippen LogP contribution in [-0.4, -0.2) is 20.1 Å². The Balaban J connectivity index is 3.47. The zero-order chi connectivity index (χ0) is 10.9. The van der Waals surface area contributed by atoms with E-state index in [1.54, 1.807) is 0 Å². The molecule has 1 aromatic rings. The zero-order valence-corrected chi connectivity index (χ0v) is 8.63. The average molecular weight is 217 g/mol. The molecule has 0 unspecified atom stereocenters. The van der Waals surface area contributed by atoms with Gasteiger partial charge in [-0.15, -0.1) is 0 Å². The molecule has 1 rings (SSSR count). The third-order valence-corrected chi connectivity index (χ3v) is 2.92. The second-order valence-electron chi connectivity index (χ2n) is 2.78. The first-order valence-electron chi connectivity index (χ1n) is 3.78. The maximum atomic E-state index is 10.9. The van der Waals surface area contributed by atoms with Crippen LogP contribution in [0.1, 0.15) is 5.56 Å². The second-order valence-corrected chi connectivity index (χ2v) is 4.17. The number of nitrogen functional groups attached to an aromatic ring is 1. The van der Waals surface area contributed by atoms with Gasteiger partial charge >= 0.3 is 0 Å². The van der Waals surface area contributed by atoms with Crippen molar-refractivity contribution in [2.24, 2.45) is 0 Å². The third-order valence-electron chi connectivity index (χ3n) is 1.92. The summed E-state index contributed by atoms with van der Waals surface area (Å²) in [6, 6.07) is 2.64. The molecule has 0 atom stereocenters. The predicted molar refractivity (Wildman–Crippen MR) is 52.0 cm³/mol. The highest BCUT2D eigenvalue weighted by Gasteiger charge is 2.16. The molecule has 0 aliphatic heterocycles. The molecule has 14 heavy (non-hydrogen) atoms. The summed E-state index contributed by atoms with van der Waals surface area (Å²) in [7, 11) is -2.79. The maximum absolute atomic E-state index is 10.9. The van der Waals surface area contributed by atoms with E-state index in [-0.39, 0.29) is 16.1 Å². The largest absolute Gasteiger partial charge is 0.495 e. The van der Waals surface area contributed by atoms with Crippen LogP contribution >= 0.6 is 0 Å². The molecule has 6 heteroatoms. The molecule has 0 aliphatic carbocycles. The van der Waals surface area contributed by atoms with Crippen LogP contribution in [0.15, 0.2) is 17.0 Å². The molecule has 3 N–H and O–H groups in total. The highest BCUT2D eigenvalue weighted by atomic mass is 32.2. The van der Waals surface area contributed by atoms with Gasteiger partial charge in [-0.3, -0.25) is 4.55 Å². The summed E-state index contributed by atoms with van der Waals surface area (Å²) in [5.41, 5.74) is 6.08. The molecule has 0 fully saturated rings. The fraction of sp³-hybridized carbons (Fsp3) is 0.250. The Kier molecular flexibility index (Phi) is 2.68. The van der Waals surface area contributed by atoms with Crippen LogP contribution < -0.4 is 10.5 Å². The maximum Gasteiger partial charge on any atom is 0.294 e. The van der Waals surface area contributed by atoms with E-state index in [2.05, 4.69) is 0 Å². The lowest BCUT2D eigenvalue weighted by Gasteiger charge is -2.09. The molecular weight excluding hydrogens is 206 g/mol. The van der Waals surface area contributed by atoms with Crippen LogP contribution in [0.4, 0.5) is 5.69 Å². The van der Waals surface area contributed by atoms with Gasteiger partial charge in [0.25, 0.3) is 10.1 Å². The zero-order valence-electron chi connectivity index (χ0n) is 7.81. The van der Waals surface area contributed by atoms with Gasteiger partial charge in [0.05, 0.1) is 17.7 Å². The number of hydrogen-bond donors (Lipinski definition) is 2. The summed E-state index contributed by atoms with van der Waals surface area (Å²) in [6.07, 6.45) is 0. The predicted octanol–water partition coefficient (Wildman–Crippen LogP) is 0.833. The Morgan fingerprint density at radius 1 is 1.43 bits per heavy atom. The van der Waals surface area contributed by atoms with Gasteiger partial charge in [0, 0.05) is 0 Å². The molecule has 0 spiro atoms. The highest BCUT2D eigenvalue weighted by molar-refractivity contribution is 7.85. The Labute approximate surface area is 82.2 Å². The van der Waals surface area contributed by atoms with Crippen molar-refractivity contribution < 1.29 is 17.7 Å². The number of hydrogen-bond acceptors (Lipinski definition) is 4. The SMILES string of the molecule is COc1ccc(S(=O)(=O)O)c(C)c1N. The van der Waals surface area contributed by atoms with Gasteiger partial charge in [-0.2, -0.15) is 8.42 Å². The smallest absolute Gasteiger partial charge is 0.294 e. The van der Waals surface area contributed by atoms with Crippen LogP contribution in [0, 0.1) is 6.92 Å². The number of methoxy groups -OCH3 is 1. The van der Waals surface area contributed by atoms with Crippen molar-refractivity contribution in [2.45, 2.75) is 11.8 Å².